The van der Waals surface area contributed by atoms with Crippen molar-refractivity contribution in [2.75, 3.05) is 0 Å². The Bertz CT molecular complexity index is 2740. The predicted octanol–water partition coefficient (Wildman–Crippen LogP) is 10.9. The molecule has 0 unspecified atom stereocenters. The van der Waals surface area contributed by atoms with Crippen molar-refractivity contribution in [2.45, 2.75) is 0 Å². The van der Waals surface area contributed by atoms with Crippen LogP contribution in [0.4, 0.5) is 0 Å². The molecule has 0 aliphatic carbocycles. The summed E-state index contributed by atoms with van der Waals surface area (Å²) in [7, 11) is 0. The van der Waals surface area contributed by atoms with Crippen LogP contribution in [0, 0.1) is 0 Å². The van der Waals surface area contributed by atoms with Gasteiger partial charge >= 0.3 is 0 Å². The molecule has 1 nitrogen and oxygen atoms in total. The van der Waals surface area contributed by atoms with Gasteiger partial charge in [0.1, 0.15) is 11.2 Å². The molecule has 1 heteroatoms. The Morgan fingerprint density at radius 3 is 1.64 bits per heavy atom. The Balaban J connectivity index is 1.76. The van der Waals surface area contributed by atoms with Gasteiger partial charge in [0.05, 0.1) is 16.4 Å². The first kappa shape index (κ1) is 13.1. The molecule has 1 aromatic heterocycles. The van der Waals surface area contributed by atoms with E-state index in [1.807, 2.05) is 18.2 Å². The van der Waals surface area contributed by atoms with Crippen LogP contribution in [0.2, 0.25) is 0 Å². The standard InChI is InChI=1S/C38H24O/c1-2-13-25(14-3-1)26-15-4-5-16-27(26)36-28-17-6-8-19-30(28)37(31-20-9-7-18-29(31)36)33-22-12-24-35-38(33)32-21-10-11-23-34(32)39-35/h1-24H/i4D,5D,6D,7D,8D,9D,15D,16D,17D,18D,19D,20D. The van der Waals surface area contributed by atoms with Gasteiger partial charge in [0, 0.05) is 10.8 Å². The molecule has 0 aliphatic rings. The maximum atomic E-state index is 9.34. The number of hydrogen-bond donors (Lipinski definition) is 0. The van der Waals surface area contributed by atoms with Gasteiger partial charge in [-0.2, -0.15) is 0 Å². The molecule has 0 radical (unpaired) electrons. The van der Waals surface area contributed by atoms with Crippen molar-refractivity contribution in [1.29, 1.82) is 0 Å². The molecule has 1 heterocycles. The first-order chi connectivity index (χ1) is 24.4. The molecular weight excluding hydrogens is 472 g/mol. The molecule has 0 bridgehead atoms. The first-order valence-corrected chi connectivity index (χ1v) is 12.4. The van der Waals surface area contributed by atoms with Gasteiger partial charge in [0.2, 0.25) is 0 Å². The highest BCUT2D eigenvalue weighted by atomic mass is 16.3. The van der Waals surface area contributed by atoms with Crippen LogP contribution in [-0.2, 0) is 0 Å². The van der Waals surface area contributed by atoms with E-state index in [1.165, 1.54) is 0 Å². The van der Waals surface area contributed by atoms with Crippen LogP contribution in [-0.4, -0.2) is 0 Å². The zero-order valence-electron chi connectivity index (χ0n) is 32.3. The van der Waals surface area contributed by atoms with Crippen LogP contribution in [0.1, 0.15) is 16.4 Å². The van der Waals surface area contributed by atoms with E-state index in [2.05, 4.69) is 0 Å². The quantitative estimate of drug-likeness (QED) is 0.216. The Morgan fingerprint density at radius 2 is 0.949 bits per heavy atom. The minimum absolute atomic E-state index is 0.0136. The topological polar surface area (TPSA) is 13.1 Å². The maximum absolute atomic E-state index is 9.34. The minimum atomic E-state index is -0.617. The van der Waals surface area contributed by atoms with Crippen LogP contribution in [0.5, 0.6) is 0 Å². The maximum Gasteiger partial charge on any atom is 0.136 e. The molecule has 39 heavy (non-hydrogen) atoms. The second-order valence-electron chi connectivity index (χ2n) is 9.14. The second kappa shape index (κ2) is 8.72. The monoisotopic (exact) mass is 508 g/mol. The molecule has 0 atom stereocenters. The Morgan fingerprint density at radius 1 is 0.410 bits per heavy atom. The van der Waals surface area contributed by atoms with Crippen molar-refractivity contribution in [3.05, 3.63) is 145 Å². The highest BCUT2D eigenvalue weighted by Crippen LogP contribution is 2.48. The number of benzene rings is 7. The Kier molecular flexibility index (Phi) is 2.92. The van der Waals surface area contributed by atoms with E-state index in [0.717, 1.165) is 0 Å². The molecule has 0 N–H and O–H groups in total. The average molecular weight is 509 g/mol. The van der Waals surface area contributed by atoms with Gasteiger partial charge in [-0.15, -0.1) is 0 Å². The fourth-order valence-corrected chi connectivity index (χ4v) is 5.45. The van der Waals surface area contributed by atoms with Gasteiger partial charge in [-0.25, -0.2) is 0 Å². The summed E-state index contributed by atoms with van der Waals surface area (Å²) in [6.07, 6.45) is 0. The van der Waals surface area contributed by atoms with Crippen LogP contribution in [0.3, 0.4) is 0 Å². The fraction of sp³-hybridized carbons (Fsp3) is 0. The highest BCUT2D eigenvalue weighted by molar-refractivity contribution is 6.26. The molecule has 8 rings (SSSR count). The lowest BCUT2D eigenvalue weighted by Gasteiger charge is -2.20. The largest absolute Gasteiger partial charge is 0.456 e. The SMILES string of the molecule is [2H]c1c([2H])c([2H])c(-c2c3c([2H])c([2H])c([2H])c([2H])c3c(-c3cccc4oc5ccccc5c34)c3c([2H])c([2H])c([2H])c([2H])c23)c(-c2ccccc2)c1[2H]. The zero-order valence-corrected chi connectivity index (χ0v) is 20.3. The van der Waals surface area contributed by atoms with Crippen molar-refractivity contribution in [3.63, 3.8) is 0 Å². The van der Waals surface area contributed by atoms with E-state index in [4.69, 9.17) is 14.0 Å². The summed E-state index contributed by atoms with van der Waals surface area (Å²) in [5.74, 6) is 0. The van der Waals surface area contributed by atoms with Gasteiger partial charge in [-0.05, 0) is 67.1 Å². The van der Waals surface area contributed by atoms with Gasteiger partial charge in [-0.3, -0.25) is 0 Å². The number of hydrogen-bond acceptors (Lipinski definition) is 1. The fourth-order valence-electron chi connectivity index (χ4n) is 5.45. The van der Waals surface area contributed by atoms with Crippen molar-refractivity contribution < 1.29 is 20.9 Å². The summed E-state index contributed by atoms with van der Waals surface area (Å²) in [4.78, 5) is 0. The van der Waals surface area contributed by atoms with E-state index in [9.17, 15) is 6.85 Å². The Labute approximate surface area is 243 Å². The summed E-state index contributed by atoms with van der Waals surface area (Å²) in [5, 5.41) is 0.796. The van der Waals surface area contributed by atoms with E-state index >= 15 is 0 Å². The molecule has 0 amide bonds. The third-order valence-electron chi connectivity index (χ3n) is 7.05. The number of fused-ring (bicyclic) bond motifs is 5. The van der Waals surface area contributed by atoms with Gasteiger partial charge < -0.3 is 4.42 Å². The summed E-state index contributed by atoms with van der Waals surface area (Å²) >= 11 is 0. The number of rotatable bonds is 3. The van der Waals surface area contributed by atoms with E-state index in [-0.39, 0.29) is 43.8 Å². The van der Waals surface area contributed by atoms with Crippen molar-refractivity contribution in [2.24, 2.45) is 0 Å². The van der Waals surface area contributed by atoms with E-state index in [0.29, 0.717) is 33.1 Å². The molecule has 0 fully saturated rings. The smallest absolute Gasteiger partial charge is 0.136 e. The van der Waals surface area contributed by atoms with Crippen LogP contribution < -0.4 is 0 Å². The molecule has 0 aliphatic heterocycles. The lowest BCUT2D eigenvalue weighted by Crippen LogP contribution is -1.93. The normalized spacial score (nSPS) is 15.9. The molecule has 8 aromatic rings. The third-order valence-corrected chi connectivity index (χ3v) is 7.05. The molecular formula is C38H24O. The molecule has 0 saturated carbocycles. The van der Waals surface area contributed by atoms with Crippen molar-refractivity contribution in [3.8, 4) is 33.4 Å². The number of furan rings is 1. The average Bonchev–Trinajstić information content (AvgIpc) is 3.53. The third kappa shape index (κ3) is 3.34. The second-order valence-corrected chi connectivity index (χ2v) is 9.14. The summed E-state index contributed by atoms with van der Waals surface area (Å²) in [6.45, 7) is 0. The van der Waals surface area contributed by atoms with Crippen LogP contribution in [0.25, 0.3) is 76.9 Å². The van der Waals surface area contributed by atoms with Crippen LogP contribution >= 0.6 is 0 Å². The lowest BCUT2D eigenvalue weighted by atomic mass is 9.83. The Hall–Kier alpha value is -5.14. The van der Waals surface area contributed by atoms with Crippen molar-refractivity contribution in [1.82, 2.24) is 0 Å². The summed E-state index contributed by atoms with van der Waals surface area (Å²) in [6, 6.07) is 14.3. The van der Waals surface area contributed by atoms with Gasteiger partial charge in [0.15, 0.2) is 0 Å². The molecule has 182 valence electrons. The first-order valence-electron chi connectivity index (χ1n) is 18.4. The summed E-state index contributed by atoms with van der Waals surface area (Å²) in [5.41, 5.74) is 1.58. The molecule has 0 saturated heterocycles. The number of para-hydroxylation sites is 1. The van der Waals surface area contributed by atoms with E-state index in [1.54, 1.807) is 54.6 Å². The van der Waals surface area contributed by atoms with Gasteiger partial charge in [0.25, 0.3) is 0 Å². The minimum Gasteiger partial charge on any atom is -0.456 e. The van der Waals surface area contributed by atoms with Crippen LogP contribution in [0.15, 0.2) is 150 Å². The lowest BCUT2D eigenvalue weighted by molar-refractivity contribution is 0.669. The predicted molar refractivity (Wildman–Crippen MR) is 165 cm³/mol. The van der Waals surface area contributed by atoms with Crippen molar-refractivity contribution >= 4 is 43.5 Å². The summed E-state index contributed by atoms with van der Waals surface area (Å²) < 4.78 is 114. The molecule has 7 aromatic carbocycles. The molecule has 0 spiro atoms. The van der Waals surface area contributed by atoms with Gasteiger partial charge in [-0.1, -0.05) is 133 Å². The zero-order chi connectivity index (χ0) is 36.2. The van der Waals surface area contributed by atoms with E-state index < -0.39 is 72.5 Å². The highest BCUT2D eigenvalue weighted by Gasteiger charge is 2.21.